The van der Waals surface area contributed by atoms with Gasteiger partial charge in [0.25, 0.3) is 0 Å². The topological polar surface area (TPSA) is 17.0 Å². The number of nitrogens with zero attached hydrogens (tertiary/aromatic N) is 1. The number of benzene rings is 4. The van der Waals surface area contributed by atoms with E-state index in [1.54, 1.807) is 0 Å². The van der Waals surface area contributed by atoms with Crippen LogP contribution in [0.15, 0.2) is 109 Å². The molecule has 5 rings (SSSR count). The van der Waals surface area contributed by atoms with Crippen molar-refractivity contribution in [3.63, 3.8) is 0 Å². The van der Waals surface area contributed by atoms with Crippen LogP contribution in [0.3, 0.4) is 0 Å². The molecule has 1 N–H and O–H groups in total. The summed E-state index contributed by atoms with van der Waals surface area (Å²) >= 11 is 2.21. The van der Waals surface area contributed by atoms with Crippen molar-refractivity contribution in [2.24, 2.45) is 0 Å². The maximum absolute atomic E-state index is 3.33. The van der Waals surface area contributed by atoms with Gasteiger partial charge >= 0.3 is 0 Å². The maximum atomic E-state index is 3.33. The van der Waals surface area contributed by atoms with Crippen molar-refractivity contribution in [2.75, 3.05) is 3.53 Å². The first-order chi connectivity index (χ1) is 16.2. The molecule has 0 atom stereocenters. The molecule has 0 aliphatic carbocycles. The maximum Gasteiger partial charge on any atom is 0.0560 e. The van der Waals surface area contributed by atoms with E-state index in [1.165, 1.54) is 49.8 Å². The van der Waals surface area contributed by atoms with Gasteiger partial charge in [-0.3, -0.25) is 0 Å². The number of halogens is 1. The van der Waals surface area contributed by atoms with E-state index < -0.39 is 0 Å². The highest BCUT2D eigenvalue weighted by atomic mass is 127. The predicted octanol–water partition coefficient (Wildman–Crippen LogP) is 9.33. The van der Waals surface area contributed by atoms with Gasteiger partial charge in [0.1, 0.15) is 0 Å². The summed E-state index contributed by atoms with van der Waals surface area (Å²) < 4.78 is 5.70. The Morgan fingerprint density at radius 1 is 0.788 bits per heavy atom. The molecular formula is C30H25IN2. The van der Waals surface area contributed by atoms with E-state index in [0.29, 0.717) is 0 Å². The number of aromatic nitrogens is 1. The molecule has 0 saturated carbocycles. The highest BCUT2D eigenvalue weighted by Crippen LogP contribution is 2.40. The van der Waals surface area contributed by atoms with Gasteiger partial charge in [0, 0.05) is 22.0 Å². The molecule has 3 heteroatoms. The SMILES string of the molecule is C/C=C\C=C(/C)n1c2ccccc2c2c(-c3ccc(NI)c(-c4ccccc4)c3)cccc21. The predicted molar refractivity (Wildman–Crippen MR) is 153 cm³/mol. The van der Waals surface area contributed by atoms with E-state index in [9.17, 15) is 0 Å². The van der Waals surface area contributed by atoms with Crippen LogP contribution in [0.1, 0.15) is 13.8 Å². The van der Waals surface area contributed by atoms with Crippen LogP contribution in [0.4, 0.5) is 5.69 Å². The minimum absolute atomic E-state index is 1.12. The van der Waals surface area contributed by atoms with Crippen molar-refractivity contribution in [1.29, 1.82) is 0 Å². The van der Waals surface area contributed by atoms with Crippen LogP contribution in [0.5, 0.6) is 0 Å². The van der Waals surface area contributed by atoms with Gasteiger partial charge in [-0.25, -0.2) is 0 Å². The summed E-state index contributed by atoms with van der Waals surface area (Å²) in [5, 5.41) is 2.56. The second-order valence-corrected chi connectivity index (χ2v) is 8.65. The van der Waals surface area contributed by atoms with E-state index in [-0.39, 0.29) is 0 Å². The highest BCUT2D eigenvalue weighted by Gasteiger charge is 2.16. The monoisotopic (exact) mass is 540 g/mol. The van der Waals surface area contributed by atoms with Gasteiger partial charge in [0.2, 0.25) is 0 Å². The Hall–Kier alpha value is -3.31. The van der Waals surface area contributed by atoms with Crippen molar-refractivity contribution in [3.05, 3.63) is 109 Å². The van der Waals surface area contributed by atoms with Crippen molar-refractivity contribution in [3.8, 4) is 22.3 Å². The summed E-state index contributed by atoms with van der Waals surface area (Å²) in [4.78, 5) is 0. The lowest BCUT2D eigenvalue weighted by Crippen LogP contribution is -1.93. The normalized spacial score (nSPS) is 12.2. The van der Waals surface area contributed by atoms with Gasteiger partial charge in [-0.05, 0) is 60.9 Å². The van der Waals surface area contributed by atoms with E-state index in [2.05, 4.69) is 147 Å². The van der Waals surface area contributed by atoms with Crippen LogP contribution in [-0.4, -0.2) is 4.57 Å². The number of para-hydroxylation sites is 1. The Morgan fingerprint density at radius 2 is 1.55 bits per heavy atom. The first kappa shape index (κ1) is 21.5. The largest absolute Gasteiger partial charge is 0.328 e. The molecule has 162 valence electrons. The fourth-order valence-corrected chi connectivity index (χ4v) is 5.07. The average Bonchev–Trinajstić information content (AvgIpc) is 3.22. The lowest BCUT2D eigenvalue weighted by Gasteiger charge is -2.13. The number of rotatable bonds is 5. The summed E-state index contributed by atoms with van der Waals surface area (Å²) in [5.74, 6) is 0. The first-order valence-electron chi connectivity index (χ1n) is 11.1. The number of hydrogen-bond acceptors (Lipinski definition) is 1. The molecule has 4 aromatic carbocycles. The van der Waals surface area contributed by atoms with Crippen LogP contribution in [-0.2, 0) is 0 Å². The molecular weight excluding hydrogens is 515 g/mol. The van der Waals surface area contributed by atoms with Crippen LogP contribution in [0.25, 0.3) is 49.8 Å². The number of fused-ring (bicyclic) bond motifs is 3. The molecule has 0 bridgehead atoms. The third-order valence-electron chi connectivity index (χ3n) is 6.10. The third-order valence-corrected chi connectivity index (χ3v) is 6.68. The molecule has 0 amide bonds. The smallest absolute Gasteiger partial charge is 0.0560 e. The fourth-order valence-electron chi connectivity index (χ4n) is 4.60. The van der Waals surface area contributed by atoms with Crippen LogP contribution in [0, 0.1) is 0 Å². The zero-order valence-electron chi connectivity index (χ0n) is 18.7. The second-order valence-electron chi connectivity index (χ2n) is 8.11. The number of hydrogen-bond donors (Lipinski definition) is 1. The van der Waals surface area contributed by atoms with Gasteiger partial charge in [0.05, 0.1) is 39.6 Å². The van der Waals surface area contributed by atoms with Crippen molar-refractivity contribution in [2.45, 2.75) is 13.8 Å². The zero-order chi connectivity index (χ0) is 22.8. The molecule has 1 heterocycles. The van der Waals surface area contributed by atoms with E-state index in [1.807, 2.05) is 6.92 Å². The Bertz CT molecular complexity index is 1510. The minimum Gasteiger partial charge on any atom is -0.328 e. The molecule has 0 aliphatic rings. The number of anilines is 1. The van der Waals surface area contributed by atoms with Gasteiger partial charge in [-0.2, -0.15) is 0 Å². The van der Waals surface area contributed by atoms with Crippen LogP contribution >= 0.6 is 22.9 Å². The summed E-state index contributed by atoms with van der Waals surface area (Å²) in [5.41, 5.74) is 9.64. The Balaban J connectivity index is 1.81. The number of nitrogens with one attached hydrogen (secondary N) is 1. The third kappa shape index (κ3) is 3.87. The Labute approximate surface area is 208 Å². The molecule has 0 fully saturated rings. The molecule has 0 spiro atoms. The summed E-state index contributed by atoms with van der Waals surface area (Å²) in [6.07, 6.45) is 6.34. The van der Waals surface area contributed by atoms with Crippen molar-refractivity contribution in [1.82, 2.24) is 4.57 Å². The standard InChI is InChI=1S/C30H25IN2/c1-3-4-11-21(2)33-28-16-9-8-14-25(28)30-24(15-10-17-29(30)33)23-18-19-27(32-31)26(20-23)22-12-6-5-7-13-22/h3-20,32H,1-2H3/b4-3-,21-11+. The highest BCUT2D eigenvalue weighted by molar-refractivity contribution is 14.1. The molecule has 5 aromatic rings. The van der Waals surface area contributed by atoms with E-state index in [4.69, 9.17) is 0 Å². The zero-order valence-corrected chi connectivity index (χ0v) is 20.9. The van der Waals surface area contributed by atoms with Gasteiger partial charge < -0.3 is 8.10 Å². The molecule has 1 aromatic heterocycles. The molecule has 0 radical (unpaired) electrons. The van der Waals surface area contributed by atoms with Gasteiger partial charge in [-0.1, -0.05) is 78.9 Å². The second kappa shape index (κ2) is 9.28. The molecule has 0 unspecified atom stereocenters. The van der Waals surface area contributed by atoms with Crippen LogP contribution in [0.2, 0.25) is 0 Å². The Morgan fingerprint density at radius 3 is 2.33 bits per heavy atom. The Kier molecular flexibility index (Phi) is 6.05. The summed E-state index contributed by atoms with van der Waals surface area (Å²) in [6.45, 7) is 4.22. The first-order valence-corrected chi connectivity index (χ1v) is 12.2. The summed E-state index contributed by atoms with van der Waals surface area (Å²) in [6, 6.07) is 32.6. The molecule has 0 saturated heterocycles. The van der Waals surface area contributed by atoms with E-state index in [0.717, 1.165) is 5.69 Å². The van der Waals surface area contributed by atoms with Gasteiger partial charge in [-0.15, -0.1) is 0 Å². The van der Waals surface area contributed by atoms with Crippen molar-refractivity contribution >= 4 is 56.1 Å². The number of allylic oxidation sites excluding steroid dienone is 4. The molecule has 0 aliphatic heterocycles. The molecule has 33 heavy (non-hydrogen) atoms. The van der Waals surface area contributed by atoms with Crippen molar-refractivity contribution < 1.29 is 0 Å². The average molecular weight is 540 g/mol. The lowest BCUT2D eigenvalue weighted by molar-refractivity contribution is 1.20. The van der Waals surface area contributed by atoms with Gasteiger partial charge in [0.15, 0.2) is 0 Å². The quantitative estimate of drug-likeness (QED) is 0.134. The fraction of sp³-hybridized carbons (Fsp3) is 0.0667. The summed E-state index contributed by atoms with van der Waals surface area (Å²) in [7, 11) is 0. The lowest BCUT2D eigenvalue weighted by atomic mass is 9.95. The van der Waals surface area contributed by atoms with E-state index >= 15 is 0 Å². The van der Waals surface area contributed by atoms with Crippen LogP contribution < -0.4 is 3.53 Å². The minimum atomic E-state index is 1.12. The molecule has 2 nitrogen and oxygen atoms in total.